The number of nitrogens with one attached hydrogen (secondary N) is 2. The number of anilines is 2. The number of nitrogens with two attached hydrogens (primary N) is 2. The first-order chi connectivity index (χ1) is 25.1. The molecule has 0 aliphatic heterocycles. The summed E-state index contributed by atoms with van der Waals surface area (Å²) in [4.78, 5) is -0.404. The van der Waals surface area contributed by atoms with Gasteiger partial charge in [0.25, 0.3) is 20.0 Å². The molecule has 0 amide bonds. The van der Waals surface area contributed by atoms with Crippen LogP contribution >= 0.6 is 46.4 Å². The minimum atomic E-state index is -4.09. The molecular formula is C34H32Cl4N4O8S4. The van der Waals surface area contributed by atoms with Gasteiger partial charge in [-0.1, -0.05) is 64.6 Å². The predicted molar refractivity (Wildman–Crippen MR) is 216 cm³/mol. The minimum absolute atomic E-state index is 0.0584. The Balaban J connectivity index is 0.000000208. The summed E-state index contributed by atoms with van der Waals surface area (Å²) in [5.41, 5.74) is 4.15. The van der Waals surface area contributed by atoms with Gasteiger partial charge in [-0.3, -0.25) is 9.44 Å². The average molecular weight is 895 g/mol. The van der Waals surface area contributed by atoms with Crippen LogP contribution in [0.25, 0.3) is 12.2 Å². The lowest BCUT2D eigenvalue weighted by molar-refractivity contribution is 0.595. The number of halogens is 4. The second-order valence-corrected chi connectivity index (χ2v) is 20.0. The smallest absolute Gasteiger partial charge is 0.255 e. The van der Waals surface area contributed by atoms with Crippen molar-refractivity contribution >= 4 is 110 Å². The second kappa shape index (κ2) is 16.5. The Labute approximate surface area is 334 Å². The Bertz CT molecular complexity index is 2560. The number of benzene rings is 4. The van der Waals surface area contributed by atoms with Crippen molar-refractivity contribution in [2.45, 2.75) is 48.3 Å². The third-order valence-electron chi connectivity index (χ3n) is 8.29. The van der Waals surface area contributed by atoms with Crippen LogP contribution in [-0.2, 0) is 65.8 Å². The molecule has 0 radical (unpaired) electrons. The molecular weight excluding hydrogens is 862 g/mol. The van der Waals surface area contributed by atoms with Crippen molar-refractivity contribution in [3.05, 3.63) is 125 Å². The molecule has 0 unspecified atom stereocenters. The maximum Gasteiger partial charge on any atom is 0.255 e. The molecule has 0 spiro atoms. The maximum absolute atomic E-state index is 12.4. The zero-order chi connectivity index (χ0) is 39.6. The monoisotopic (exact) mass is 892 g/mol. The summed E-state index contributed by atoms with van der Waals surface area (Å²) in [6, 6.07) is 15.4. The van der Waals surface area contributed by atoms with Crippen molar-refractivity contribution in [3.8, 4) is 0 Å². The largest absolute Gasteiger partial charge is 0.279 e. The molecule has 2 aliphatic rings. The highest BCUT2D eigenvalue weighted by Gasteiger charge is 2.27. The zero-order valence-electron chi connectivity index (χ0n) is 27.9. The lowest BCUT2D eigenvalue weighted by Crippen LogP contribution is -2.19. The van der Waals surface area contributed by atoms with E-state index in [2.05, 4.69) is 9.44 Å². The predicted octanol–water partition coefficient (Wildman–Crippen LogP) is 7.08. The summed E-state index contributed by atoms with van der Waals surface area (Å²) in [5, 5.41) is 13.7. The fourth-order valence-electron chi connectivity index (χ4n) is 5.90. The summed E-state index contributed by atoms with van der Waals surface area (Å²) in [7, 11) is -16.1. The molecule has 4 aromatic carbocycles. The van der Waals surface area contributed by atoms with E-state index in [0.717, 1.165) is 59.6 Å². The fourth-order valence-corrected chi connectivity index (χ4v) is 10.1. The van der Waals surface area contributed by atoms with E-state index < -0.39 is 40.1 Å². The molecule has 6 rings (SSSR count). The maximum atomic E-state index is 12.4. The van der Waals surface area contributed by atoms with E-state index in [1.165, 1.54) is 42.5 Å². The second-order valence-electron chi connectivity index (χ2n) is 12.2. The summed E-state index contributed by atoms with van der Waals surface area (Å²) in [5.74, 6) is 0. The van der Waals surface area contributed by atoms with E-state index in [1.54, 1.807) is 30.3 Å². The van der Waals surface area contributed by atoms with Gasteiger partial charge in [-0.25, -0.2) is 43.9 Å². The fraction of sp³-hybridized carbons (Fsp3) is 0.176. The van der Waals surface area contributed by atoms with Crippen LogP contribution in [0.5, 0.6) is 0 Å². The van der Waals surface area contributed by atoms with Crippen LogP contribution in [-0.4, -0.2) is 33.7 Å². The lowest BCUT2D eigenvalue weighted by Gasteiger charge is -2.13. The summed E-state index contributed by atoms with van der Waals surface area (Å²) < 4.78 is 102. The molecule has 0 aromatic heterocycles. The summed E-state index contributed by atoms with van der Waals surface area (Å²) in [6.07, 6.45) is 7.11. The van der Waals surface area contributed by atoms with E-state index in [0.29, 0.717) is 43.2 Å². The number of sulfonamides is 4. The quantitative estimate of drug-likeness (QED) is 0.129. The first-order valence-electron chi connectivity index (χ1n) is 15.8. The number of aryl methyl sites for hydroxylation is 3. The van der Waals surface area contributed by atoms with E-state index >= 15 is 0 Å². The minimum Gasteiger partial charge on any atom is -0.279 e. The van der Waals surface area contributed by atoms with Gasteiger partial charge < -0.3 is 0 Å². The van der Waals surface area contributed by atoms with Gasteiger partial charge in [0.05, 0.1) is 42.3 Å². The highest BCUT2D eigenvalue weighted by Crippen LogP contribution is 2.35. The van der Waals surface area contributed by atoms with Crippen LogP contribution in [0.3, 0.4) is 0 Å². The number of hydrogen-bond donors (Lipinski definition) is 4. The molecule has 12 nitrogen and oxygen atoms in total. The van der Waals surface area contributed by atoms with E-state index in [9.17, 15) is 33.7 Å². The highest BCUT2D eigenvalue weighted by atomic mass is 35.5. The van der Waals surface area contributed by atoms with Crippen molar-refractivity contribution in [2.75, 3.05) is 9.44 Å². The Hall–Kier alpha value is -3.16. The molecule has 20 heteroatoms. The van der Waals surface area contributed by atoms with Crippen LogP contribution in [0.2, 0.25) is 20.1 Å². The van der Waals surface area contributed by atoms with Crippen molar-refractivity contribution in [3.63, 3.8) is 0 Å². The number of hydrogen-bond acceptors (Lipinski definition) is 8. The van der Waals surface area contributed by atoms with Crippen molar-refractivity contribution in [1.82, 2.24) is 0 Å². The van der Waals surface area contributed by atoms with Gasteiger partial charge >= 0.3 is 0 Å². The molecule has 0 saturated heterocycles. The molecule has 2 aliphatic carbocycles. The zero-order valence-corrected chi connectivity index (χ0v) is 34.2. The molecule has 0 bridgehead atoms. The van der Waals surface area contributed by atoms with Gasteiger partial charge in [-0.2, -0.15) is 0 Å². The van der Waals surface area contributed by atoms with Crippen LogP contribution in [0.15, 0.2) is 81.3 Å². The molecule has 288 valence electrons. The van der Waals surface area contributed by atoms with Crippen molar-refractivity contribution in [1.29, 1.82) is 0 Å². The Morgan fingerprint density at radius 1 is 0.519 bits per heavy atom. The van der Waals surface area contributed by atoms with Gasteiger partial charge in [0.15, 0.2) is 0 Å². The topological polar surface area (TPSA) is 213 Å². The van der Waals surface area contributed by atoms with Gasteiger partial charge in [0.1, 0.15) is 9.79 Å². The number of fused-ring (bicyclic) bond motifs is 2. The van der Waals surface area contributed by atoms with Crippen LogP contribution in [0.4, 0.5) is 11.4 Å². The molecule has 54 heavy (non-hydrogen) atoms. The van der Waals surface area contributed by atoms with E-state index in [-0.39, 0.29) is 21.2 Å². The Morgan fingerprint density at radius 2 is 1.00 bits per heavy atom. The van der Waals surface area contributed by atoms with Crippen molar-refractivity contribution < 1.29 is 33.7 Å². The van der Waals surface area contributed by atoms with Gasteiger partial charge in [-0.05, 0) is 127 Å². The highest BCUT2D eigenvalue weighted by molar-refractivity contribution is 7.96. The average Bonchev–Trinajstić information content (AvgIpc) is 3.74. The van der Waals surface area contributed by atoms with Crippen LogP contribution in [0.1, 0.15) is 46.2 Å². The Kier molecular flexibility index (Phi) is 12.8. The van der Waals surface area contributed by atoms with Crippen LogP contribution in [0, 0.1) is 0 Å². The van der Waals surface area contributed by atoms with E-state index in [4.69, 9.17) is 56.7 Å². The number of rotatable bonds is 10. The lowest BCUT2D eigenvalue weighted by atomic mass is 10.1. The van der Waals surface area contributed by atoms with Gasteiger partial charge in [0, 0.05) is 0 Å². The Morgan fingerprint density at radius 3 is 1.50 bits per heavy atom. The normalized spacial score (nSPS) is 14.5. The molecule has 0 saturated carbocycles. The van der Waals surface area contributed by atoms with Gasteiger partial charge in [-0.15, -0.1) is 0 Å². The molecule has 0 heterocycles. The van der Waals surface area contributed by atoms with E-state index in [1.807, 2.05) is 0 Å². The first-order valence-corrected chi connectivity index (χ1v) is 23.5. The third kappa shape index (κ3) is 10.8. The molecule has 4 aromatic rings. The first kappa shape index (κ1) is 42.0. The number of primary sulfonamides is 2. The third-order valence-corrected chi connectivity index (χ3v) is 13.7. The molecule has 6 N–H and O–H groups in total. The van der Waals surface area contributed by atoms with Gasteiger partial charge in [0.2, 0.25) is 20.0 Å². The van der Waals surface area contributed by atoms with Crippen LogP contribution < -0.4 is 19.7 Å². The summed E-state index contributed by atoms with van der Waals surface area (Å²) >= 11 is 23.5. The van der Waals surface area contributed by atoms with Crippen molar-refractivity contribution in [2.24, 2.45) is 10.3 Å². The summed E-state index contributed by atoms with van der Waals surface area (Å²) in [6.45, 7) is 0. The molecule has 0 atom stereocenters. The SMILES string of the molecule is NS(=O)(=O)c1c(NS(=O)(=O)/C=C/c2ccc(Cl)c(Cl)c2)ccc2c1CCC2.NS(=O)(=O)c1cc2c(cc1NS(=O)(=O)/C=C/c1ccc(Cl)c(Cl)c1)CCC2. The molecule has 0 fully saturated rings. The standard InChI is InChI=1S/2C17H16Cl2N2O4S2/c18-14-6-4-11(10-15(14)19)8-9-26(22,23)21-16-7-5-12-2-1-3-13(12)17(16)27(20,24)25;18-14-5-4-11(8-15(14)19)6-7-26(22,23)21-16-9-12-2-1-3-13(12)10-17(16)27(20,24)25/h2*4-10,21H,1-3H2,(H2,20,24,25)/b9-8+;7-6+.